The molecule has 0 bridgehead atoms. The molecule has 16 nitrogen and oxygen atoms in total. The van der Waals surface area contributed by atoms with Crippen LogP contribution in [0.3, 0.4) is 0 Å². The molecule has 2 saturated heterocycles. The van der Waals surface area contributed by atoms with Crippen molar-refractivity contribution in [2.75, 3.05) is 19.6 Å². The summed E-state index contributed by atoms with van der Waals surface area (Å²) in [6.07, 6.45) is 7.05. The molecule has 7 amide bonds. The second-order valence-electron chi connectivity index (χ2n) is 12.1. The minimum Gasteiger partial charge on any atom is -0.347 e. The average Bonchev–Trinajstić information content (AvgIpc) is 3.66. The Balaban J connectivity index is 0.000000264. The van der Waals surface area contributed by atoms with E-state index in [2.05, 4.69) is 31.8 Å². The number of allylic oxidation sites excluding steroid dienone is 1. The zero-order valence-corrected chi connectivity index (χ0v) is 27.7. The van der Waals surface area contributed by atoms with Gasteiger partial charge in [-0.15, -0.1) is 6.58 Å². The van der Waals surface area contributed by atoms with Gasteiger partial charge in [0.05, 0.1) is 29.7 Å². The fourth-order valence-electron chi connectivity index (χ4n) is 4.31. The number of H-pyrrole nitrogens is 2. The summed E-state index contributed by atoms with van der Waals surface area (Å²) in [6.45, 7) is 16.5. The third kappa shape index (κ3) is 9.48. The molecule has 0 radical (unpaired) electrons. The van der Waals surface area contributed by atoms with Crippen molar-refractivity contribution in [3.8, 4) is 0 Å². The third-order valence-electron chi connectivity index (χ3n) is 7.02. The second kappa shape index (κ2) is 15.2. The van der Waals surface area contributed by atoms with E-state index < -0.39 is 41.4 Å². The lowest BCUT2D eigenvalue weighted by Crippen LogP contribution is -2.56. The van der Waals surface area contributed by atoms with Gasteiger partial charge in [0.25, 0.3) is 5.91 Å². The molecule has 3 N–H and O–H groups in total. The minimum absolute atomic E-state index is 0.0275. The Bertz CT molecular complexity index is 1590. The first-order valence-electron chi connectivity index (χ1n) is 14.4. The van der Waals surface area contributed by atoms with Crippen molar-refractivity contribution in [3.05, 3.63) is 53.8 Å². The number of nitrogens with zero attached hydrogens (tertiary/aromatic N) is 5. The Morgan fingerprint density at radius 2 is 1.23 bits per heavy atom. The first-order chi connectivity index (χ1) is 21.7. The predicted octanol–water partition coefficient (Wildman–Crippen LogP) is 0.989. The maximum Gasteiger partial charge on any atom is 0.277 e. The van der Waals surface area contributed by atoms with Crippen LogP contribution in [0.1, 0.15) is 83.0 Å². The van der Waals surface area contributed by atoms with Gasteiger partial charge in [-0.1, -0.05) is 40.7 Å². The molecule has 2 aliphatic heterocycles. The molecule has 2 fully saturated rings. The number of aromatic amines is 2. The molecule has 4 heterocycles. The number of hydrogen-bond acceptors (Lipinski definition) is 10. The fraction of sp³-hybridized carbons (Fsp3) is 0.419. The number of imidazole rings is 2. The number of carbonyl (C=O) groups is 8. The van der Waals surface area contributed by atoms with Gasteiger partial charge >= 0.3 is 0 Å². The minimum atomic E-state index is -0.544. The van der Waals surface area contributed by atoms with Crippen molar-refractivity contribution in [2.45, 2.75) is 66.2 Å². The van der Waals surface area contributed by atoms with E-state index in [0.29, 0.717) is 11.4 Å². The Hall–Kier alpha value is -5.54. The van der Waals surface area contributed by atoms with Crippen LogP contribution in [0.5, 0.6) is 0 Å². The molecule has 0 unspecified atom stereocenters. The van der Waals surface area contributed by atoms with E-state index >= 15 is 0 Å². The molecule has 16 heteroatoms. The van der Waals surface area contributed by atoms with Crippen LogP contribution in [-0.4, -0.2) is 102 Å². The highest BCUT2D eigenvalue weighted by molar-refractivity contribution is 6.12. The highest BCUT2D eigenvalue weighted by atomic mass is 16.2. The van der Waals surface area contributed by atoms with Crippen LogP contribution in [0.15, 0.2) is 31.0 Å². The van der Waals surface area contributed by atoms with Gasteiger partial charge in [-0.05, 0) is 6.08 Å². The number of carbonyl (C=O) groups excluding carboxylic acids is 8. The first-order valence-corrected chi connectivity index (χ1v) is 14.4. The molecular weight excluding hydrogens is 612 g/mol. The van der Waals surface area contributed by atoms with Crippen molar-refractivity contribution in [1.29, 1.82) is 0 Å². The molecule has 47 heavy (non-hydrogen) atoms. The van der Waals surface area contributed by atoms with Crippen LogP contribution in [0.25, 0.3) is 6.08 Å². The Morgan fingerprint density at radius 3 is 1.64 bits per heavy atom. The van der Waals surface area contributed by atoms with Gasteiger partial charge in [-0.25, -0.2) is 9.97 Å². The van der Waals surface area contributed by atoms with E-state index in [1.165, 1.54) is 33.2 Å². The first kappa shape index (κ1) is 37.6. The molecule has 0 saturated carbocycles. The molecule has 252 valence electrons. The van der Waals surface area contributed by atoms with Crippen LogP contribution in [0.4, 0.5) is 0 Å². The largest absolute Gasteiger partial charge is 0.347 e. The topological polar surface area (TPSA) is 216 Å². The number of hydrogen-bond donors (Lipinski definition) is 3. The summed E-state index contributed by atoms with van der Waals surface area (Å²) in [7, 11) is 0. The van der Waals surface area contributed by atoms with Gasteiger partial charge < -0.3 is 15.3 Å². The van der Waals surface area contributed by atoms with Crippen LogP contribution in [0.2, 0.25) is 0 Å². The van der Waals surface area contributed by atoms with E-state index in [4.69, 9.17) is 0 Å². The van der Waals surface area contributed by atoms with Crippen molar-refractivity contribution in [3.63, 3.8) is 0 Å². The van der Waals surface area contributed by atoms with Gasteiger partial charge in [0.1, 0.15) is 31.0 Å². The summed E-state index contributed by atoms with van der Waals surface area (Å²) in [5.41, 5.74) is 2.29. The van der Waals surface area contributed by atoms with Crippen molar-refractivity contribution in [2.24, 2.45) is 0 Å². The second-order valence-corrected chi connectivity index (χ2v) is 12.1. The molecule has 2 aliphatic rings. The zero-order valence-electron chi connectivity index (χ0n) is 27.7. The molecule has 0 spiro atoms. The van der Waals surface area contributed by atoms with E-state index in [0.717, 1.165) is 32.4 Å². The summed E-state index contributed by atoms with van der Waals surface area (Å²) < 4.78 is 0. The number of imide groups is 3. The van der Waals surface area contributed by atoms with Gasteiger partial charge in [-0.2, -0.15) is 0 Å². The summed E-state index contributed by atoms with van der Waals surface area (Å²) in [5.74, 6) is -3.43. The molecule has 2 aromatic rings. The lowest BCUT2D eigenvalue weighted by molar-refractivity contribution is -0.161. The zero-order chi connectivity index (χ0) is 35.9. The van der Waals surface area contributed by atoms with Gasteiger partial charge in [0.2, 0.25) is 35.4 Å². The Kier molecular flexibility index (Phi) is 12.1. The Labute approximate surface area is 271 Å². The van der Waals surface area contributed by atoms with E-state index in [1.807, 2.05) is 34.6 Å². The predicted molar refractivity (Wildman–Crippen MR) is 168 cm³/mol. The SMILES string of the molecule is C=CC(C)(C)c1[nH]cnc1/C=C1\NC(=O)CN(C(C)=O)C1=O.CC(=O)N1CC(=O)N(C(C)=O)CC1=O.CC(C)(C)c1[nH]cnc1C=O. The summed E-state index contributed by atoms with van der Waals surface area (Å²) >= 11 is 0. The van der Waals surface area contributed by atoms with Crippen molar-refractivity contribution >= 4 is 53.7 Å². The lowest BCUT2D eigenvalue weighted by Gasteiger charge is -2.29. The number of piperazine rings is 2. The number of amides is 7. The van der Waals surface area contributed by atoms with Gasteiger partial charge in [0.15, 0.2) is 6.29 Å². The van der Waals surface area contributed by atoms with Crippen molar-refractivity contribution in [1.82, 2.24) is 40.0 Å². The average molecular weight is 653 g/mol. The molecule has 0 atom stereocenters. The fourth-order valence-corrected chi connectivity index (χ4v) is 4.31. The maximum atomic E-state index is 12.2. The Morgan fingerprint density at radius 1 is 0.766 bits per heavy atom. The molecule has 2 aromatic heterocycles. The maximum absolute atomic E-state index is 12.2. The smallest absolute Gasteiger partial charge is 0.277 e. The van der Waals surface area contributed by atoms with E-state index in [-0.39, 0.29) is 36.2 Å². The highest BCUT2D eigenvalue weighted by Crippen LogP contribution is 2.26. The van der Waals surface area contributed by atoms with Crippen LogP contribution in [-0.2, 0) is 44.4 Å². The van der Waals surface area contributed by atoms with Gasteiger partial charge in [-0.3, -0.25) is 53.1 Å². The molecule has 0 aromatic carbocycles. The third-order valence-corrected chi connectivity index (χ3v) is 7.02. The summed E-state index contributed by atoms with van der Waals surface area (Å²) in [6, 6.07) is 0. The van der Waals surface area contributed by atoms with Crippen LogP contribution < -0.4 is 5.32 Å². The number of aromatic nitrogens is 4. The monoisotopic (exact) mass is 652 g/mol. The number of nitrogens with one attached hydrogen (secondary N) is 3. The lowest BCUT2D eigenvalue weighted by atomic mass is 9.88. The summed E-state index contributed by atoms with van der Waals surface area (Å²) in [5, 5.41) is 2.48. The van der Waals surface area contributed by atoms with E-state index in [9.17, 15) is 38.4 Å². The van der Waals surface area contributed by atoms with Gasteiger partial charge in [0, 0.05) is 31.6 Å². The molecule has 0 aliphatic carbocycles. The number of rotatable bonds is 4. The van der Waals surface area contributed by atoms with E-state index in [1.54, 1.807) is 12.4 Å². The van der Waals surface area contributed by atoms with Crippen LogP contribution >= 0.6 is 0 Å². The standard InChI is InChI=1S/C15H18N4O3.C8H10N2O4.C8H12N2O/c1-5-15(3,4)13-10(16-8-17-13)6-11-14(22)19(9(2)20)7-12(21)18-11;1-5(11)9-3-8(14)10(6(2)12)4-7(9)13;1-8(2,3)7-6(4-11)9-5-10-7/h5-6,8H,1,7H2,2-4H3,(H,16,17)(H,18,21);3-4H2,1-2H3;4-5H,1-3H3,(H,9,10)/b11-6-;;. The molecular formula is C31H40N8O8. The van der Waals surface area contributed by atoms with Crippen LogP contribution in [0, 0.1) is 0 Å². The number of aldehydes is 1. The molecule has 4 rings (SSSR count). The van der Waals surface area contributed by atoms with Crippen molar-refractivity contribution < 1.29 is 38.4 Å². The quantitative estimate of drug-likeness (QED) is 0.242. The highest BCUT2D eigenvalue weighted by Gasteiger charge is 2.34. The normalized spacial score (nSPS) is 16.1. The summed E-state index contributed by atoms with van der Waals surface area (Å²) in [4.78, 5) is 107.